The van der Waals surface area contributed by atoms with Gasteiger partial charge in [0.25, 0.3) is 0 Å². The molecule has 1 aromatic carbocycles. The van der Waals surface area contributed by atoms with Gasteiger partial charge in [-0.05, 0) is 42.7 Å². The van der Waals surface area contributed by atoms with Crippen LogP contribution in [0, 0.1) is 0 Å². The second kappa shape index (κ2) is 9.06. The minimum absolute atomic E-state index is 0.469. The molecule has 1 heterocycles. The first-order valence-corrected chi connectivity index (χ1v) is 8.98. The van der Waals surface area contributed by atoms with Crippen LogP contribution in [-0.4, -0.2) is 17.0 Å². The van der Waals surface area contributed by atoms with Crippen molar-refractivity contribution in [1.29, 1.82) is 0 Å². The van der Waals surface area contributed by atoms with Gasteiger partial charge < -0.3 is 15.8 Å². The highest BCUT2D eigenvalue weighted by Gasteiger charge is 2.13. The molecule has 25 heavy (non-hydrogen) atoms. The largest absolute Gasteiger partial charge is 0.487 e. The van der Waals surface area contributed by atoms with Crippen LogP contribution >= 0.6 is 0 Å². The summed E-state index contributed by atoms with van der Waals surface area (Å²) in [7, 11) is 0. The first-order chi connectivity index (χ1) is 12.3. The van der Waals surface area contributed by atoms with Crippen LogP contribution in [0.3, 0.4) is 0 Å². The molecule has 0 spiro atoms. The van der Waals surface area contributed by atoms with E-state index in [0.717, 1.165) is 17.0 Å². The van der Waals surface area contributed by atoms with E-state index in [4.69, 9.17) is 10.5 Å². The molecule has 3 N–H and O–H groups in total. The number of nitrogens with one attached hydrogen (secondary N) is 1. The van der Waals surface area contributed by atoms with E-state index in [1.54, 1.807) is 6.20 Å². The van der Waals surface area contributed by atoms with Crippen LogP contribution in [0.2, 0.25) is 0 Å². The molecule has 1 saturated carbocycles. The highest BCUT2D eigenvalue weighted by Crippen LogP contribution is 2.17. The molecule has 0 unspecified atom stereocenters. The van der Waals surface area contributed by atoms with Crippen molar-refractivity contribution in [2.24, 2.45) is 10.7 Å². The topological polar surface area (TPSA) is 72.5 Å². The summed E-state index contributed by atoms with van der Waals surface area (Å²) < 4.78 is 5.74. The van der Waals surface area contributed by atoms with E-state index in [-0.39, 0.29) is 0 Å². The summed E-state index contributed by atoms with van der Waals surface area (Å²) in [6.07, 6.45) is 8.06. The number of nitrogens with zero attached hydrogens (tertiary/aromatic N) is 2. The fourth-order valence-corrected chi connectivity index (χ4v) is 3.01. The summed E-state index contributed by atoms with van der Waals surface area (Å²) in [6.45, 7) is 1.04. The van der Waals surface area contributed by atoms with Gasteiger partial charge in [0.15, 0.2) is 5.96 Å². The zero-order valence-corrected chi connectivity index (χ0v) is 14.5. The Bertz CT molecular complexity index is 664. The van der Waals surface area contributed by atoms with Crippen LogP contribution in [0.4, 0.5) is 0 Å². The lowest BCUT2D eigenvalue weighted by Gasteiger charge is -2.23. The number of rotatable bonds is 6. The van der Waals surface area contributed by atoms with E-state index in [9.17, 15) is 0 Å². The molecule has 0 atom stereocenters. The molecule has 5 heteroatoms. The third-order valence-corrected chi connectivity index (χ3v) is 4.43. The summed E-state index contributed by atoms with van der Waals surface area (Å²) in [4.78, 5) is 8.69. The quantitative estimate of drug-likeness (QED) is 0.625. The average Bonchev–Trinajstić information content (AvgIpc) is 2.67. The molecule has 2 aromatic rings. The normalized spacial score (nSPS) is 15.8. The Morgan fingerprint density at radius 1 is 1.12 bits per heavy atom. The Balaban J connectivity index is 1.46. The molecule has 0 radical (unpaired) electrons. The van der Waals surface area contributed by atoms with Gasteiger partial charge in [-0.3, -0.25) is 4.98 Å². The molecule has 1 aliphatic rings. The number of ether oxygens (including phenoxy) is 1. The van der Waals surface area contributed by atoms with Gasteiger partial charge in [-0.1, -0.05) is 37.5 Å². The predicted octanol–water partition coefficient (Wildman–Crippen LogP) is 3.40. The van der Waals surface area contributed by atoms with Gasteiger partial charge in [-0.15, -0.1) is 0 Å². The van der Waals surface area contributed by atoms with Gasteiger partial charge in [0.05, 0.1) is 12.2 Å². The first-order valence-electron chi connectivity index (χ1n) is 8.98. The molecule has 0 aliphatic heterocycles. The molecule has 0 amide bonds. The molecule has 1 fully saturated rings. The predicted molar refractivity (Wildman–Crippen MR) is 100 cm³/mol. The first kappa shape index (κ1) is 17.3. The van der Waals surface area contributed by atoms with E-state index in [1.807, 2.05) is 42.5 Å². The maximum absolute atomic E-state index is 6.00. The maximum Gasteiger partial charge on any atom is 0.189 e. The number of aromatic nitrogens is 1. The fourth-order valence-electron chi connectivity index (χ4n) is 3.01. The molecule has 3 rings (SSSR count). The van der Waals surface area contributed by atoms with Crippen molar-refractivity contribution in [3.8, 4) is 5.75 Å². The van der Waals surface area contributed by atoms with E-state index in [1.165, 1.54) is 32.1 Å². The third-order valence-electron chi connectivity index (χ3n) is 4.43. The van der Waals surface area contributed by atoms with Gasteiger partial charge in [-0.25, -0.2) is 4.99 Å². The Morgan fingerprint density at radius 3 is 2.64 bits per heavy atom. The molecule has 1 aliphatic carbocycles. The second-order valence-electron chi connectivity index (χ2n) is 6.43. The molecule has 0 saturated heterocycles. The minimum Gasteiger partial charge on any atom is -0.487 e. The second-order valence-corrected chi connectivity index (χ2v) is 6.43. The van der Waals surface area contributed by atoms with Gasteiger partial charge in [0.1, 0.15) is 12.4 Å². The molecule has 5 nitrogen and oxygen atoms in total. The monoisotopic (exact) mass is 338 g/mol. The fraction of sp³-hybridized carbons (Fsp3) is 0.400. The highest BCUT2D eigenvalue weighted by atomic mass is 16.5. The number of aliphatic imine (C=N–C) groups is 1. The Morgan fingerprint density at radius 2 is 1.92 bits per heavy atom. The van der Waals surface area contributed by atoms with Crippen LogP contribution in [0.15, 0.2) is 53.7 Å². The standard InChI is InChI=1S/C20H26N4O/c21-20(24-17-6-2-1-3-7-17)23-14-16-9-11-19(12-10-16)25-15-18-8-4-5-13-22-18/h4-5,8-13,17H,1-3,6-7,14-15H2,(H3,21,23,24). The van der Waals surface area contributed by atoms with Crippen LogP contribution < -0.4 is 15.8 Å². The van der Waals surface area contributed by atoms with Crippen LogP contribution in [0.5, 0.6) is 5.75 Å². The molecule has 0 bridgehead atoms. The van der Waals surface area contributed by atoms with Crippen LogP contribution in [0.25, 0.3) is 0 Å². The lowest BCUT2D eigenvalue weighted by molar-refractivity contribution is 0.301. The number of hydrogen-bond acceptors (Lipinski definition) is 3. The molecular formula is C20H26N4O. The Labute approximate surface area is 149 Å². The molecular weight excluding hydrogens is 312 g/mol. The lowest BCUT2D eigenvalue weighted by atomic mass is 9.96. The average molecular weight is 338 g/mol. The van der Waals surface area contributed by atoms with E-state index < -0.39 is 0 Å². The number of benzene rings is 1. The van der Waals surface area contributed by atoms with Crippen molar-refractivity contribution in [3.63, 3.8) is 0 Å². The third kappa shape index (κ3) is 5.78. The Hall–Kier alpha value is -2.56. The lowest BCUT2D eigenvalue weighted by Crippen LogP contribution is -2.41. The van der Waals surface area contributed by atoms with Gasteiger partial charge >= 0.3 is 0 Å². The molecule has 1 aromatic heterocycles. The van der Waals surface area contributed by atoms with Crippen molar-refractivity contribution in [2.45, 2.75) is 51.3 Å². The number of nitrogens with two attached hydrogens (primary N) is 1. The molecule has 132 valence electrons. The summed E-state index contributed by atoms with van der Waals surface area (Å²) in [5, 5.41) is 3.34. The van der Waals surface area contributed by atoms with Gasteiger partial charge in [-0.2, -0.15) is 0 Å². The number of guanidine groups is 1. The van der Waals surface area contributed by atoms with Crippen molar-refractivity contribution in [1.82, 2.24) is 10.3 Å². The van der Waals surface area contributed by atoms with Crippen LogP contribution in [0.1, 0.15) is 43.4 Å². The highest BCUT2D eigenvalue weighted by molar-refractivity contribution is 5.78. The van der Waals surface area contributed by atoms with E-state index in [2.05, 4.69) is 15.3 Å². The van der Waals surface area contributed by atoms with Gasteiger partial charge in [0, 0.05) is 12.2 Å². The number of pyridine rings is 1. The Kier molecular flexibility index (Phi) is 6.26. The van der Waals surface area contributed by atoms with E-state index >= 15 is 0 Å². The summed E-state index contributed by atoms with van der Waals surface area (Å²) in [5.41, 5.74) is 8.03. The zero-order valence-electron chi connectivity index (χ0n) is 14.5. The maximum atomic E-state index is 6.00. The van der Waals surface area contributed by atoms with E-state index in [0.29, 0.717) is 25.2 Å². The summed E-state index contributed by atoms with van der Waals surface area (Å²) >= 11 is 0. The van der Waals surface area contributed by atoms with Crippen molar-refractivity contribution in [3.05, 3.63) is 59.9 Å². The SMILES string of the molecule is NC(=NCc1ccc(OCc2ccccn2)cc1)NC1CCCCC1. The summed E-state index contributed by atoms with van der Waals surface area (Å²) in [6, 6.07) is 14.2. The smallest absolute Gasteiger partial charge is 0.189 e. The minimum atomic E-state index is 0.469. The van der Waals surface area contributed by atoms with Crippen molar-refractivity contribution >= 4 is 5.96 Å². The van der Waals surface area contributed by atoms with Crippen LogP contribution in [-0.2, 0) is 13.2 Å². The zero-order chi connectivity index (χ0) is 17.3. The van der Waals surface area contributed by atoms with Crippen molar-refractivity contribution in [2.75, 3.05) is 0 Å². The van der Waals surface area contributed by atoms with Gasteiger partial charge in [0.2, 0.25) is 0 Å². The number of hydrogen-bond donors (Lipinski definition) is 2. The summed E-state index contributed by atoms with van der Waals surface area (Å²) in [5.74, 6) is 1.37. The van der Waals surface area contributed by atoms with Crippen molar-refractivity contribution < 1.29 is 4.74 Å².